The van der Waals surface area contributed by atoms with Crippen molar-refractivity contribution in [2.75, 3.05) is 0 Å². The second-order valence-electron chi connectivity index (χ2n) is 6.35. The summed E-state index contributed by atoms with van der Waals surface area (Å²) in [4.78, 5) is 0. The van der Waals surface area contributed by atoms with Crippen molar-refractivity contribution < 1.29 is 0 Å². The van der Waals surface area contributed by atoms with E-state index in [0.29, 0.717) is 5.92 Å². The third-order valence-electron chi connectivity index (χ3n) is 5.13. The van der Waals surface area contributed by atoms with Gasteiger partial charge in [0, 0.05) is 5.92 Å². The van der Waals surface area contributed by atoms with Crippen LogP contribution in [0.3, 0.4) is 0 Å². The van der Waals surface area contributed by atoms with Crippen molar-refractivity contribution in [1.29, 1.82) is 0 Å². The SMILES string of the molecule is Cc1ccc(C)c2c1C1c3ccccc3P2c2ccccc21. The Kier molecular flexibility index (Phi) is 2.47. The van der Waals surface area contributed by atoms with Gasteiger partial charge < -0.3 is 0 Å². The molecular formula is C21H17P. The first-order chi connectivity index (χ1) is 10.8. The van der Waals surface area contributed by atoms with Crippen molar-refractivity contribution in [3.63, 3.8) is 0 Å². The van der Waals surface area contributed by atoms with Crippen molar-refractivity contribution in [1.82, 2.24) is 0 Å². The molecule has 3 aromatic rings. The van der Waals surface area contributed by atoms with Gasteiger partial charge >= 0.3 is 0 Å². The Balaban J connectivity index is 1.96. The molecule has 3 aromatic carbocycles. The van der Waals surface area contributed by atoms with Crippen LogP contribution in [0.1, 0.15) is 33.7 Å². The molecule has 0 saturated carbocycles. The molecule has 0 aromatic heterocycles. The molecule has 3 aliphatic rings. The minimum Gasteiger partial charge on any atom is -0.0619 e. The zero-order valence-electron chi connectivity index (χ0n) is 12.8. The number of rotatable bonds is 0. The van der Waals surface area contributed by atoms with Crippen LogP contribution >= 0.6 is 7.92 Å². The van der Waals surface area contributed by atoms with Gasteiger partial charge in [0.2, 0.25) is 0 Å². The number of aryl methyl sites for hydroxylation is 2. The predicted molar refractivity (Wildman–Crippen MR) is 95.6 cm³/mol. The highest BCUT2D eigenvalue weighted by atomic mass is 31.1. The molecule has 6 rings (SSSR count). The Morgan fingerprint density at radius 2 is 1.23 bits per heavy atom. The minimum atomic E-state index is -0.388. The normalized spacial score (nSPS) is 20.3. The lowest BCUT2D eigenvalue weighted by Gasteiger charge is -2.43. The van der Waals surface area contributed by atoms with Gasteiger partial charge in [0.1, 0.15) is 0 Å². The van der Waals surface area contributed by atoms with Crippen LogP contribution < -0.4 is 15.9 Å². The molecule has 3 aliphatic heterocycles. The van der Waals surface area contributed by atoms with E-state index in [1.54, 1.807) is 21.5 Å². The van der Waals surface area contributed by atoms with Gasteiger partial charge in [0.25, 0.3) is 0 Å². The molecule has 106 valence electrons. The van der Waals surface area contributed by atoms with Gasteiger partial charge in [-0.3, -0.25) is 0 Å². The molecule has 0 aliphatic carbocycles. The fourth-order valence-electron chi connectivity index (χ4n) is 4.20. The van der Waals surface area contributed by atoms with E-state index < -0.39 is 0 Å². The average Bonchev–Trinajstić information content (AvgIpc) is 2.58. The van der Waals surface area contributed by atoms with E-state index in [1.165, 1.54) is 22.3 Å². The summed E-state index contributed by atoms with van der Waals surface area (Å²) in [7, 11) is -0.388. The summed E-state index contributed by atoms with van der Waals surface area (Å²) in [6.07, 6.45) is 0. The maximum atomic E-state index is 2.36. The fourth-order valence-corrected chi connectivity index (χ4v) is 7.31. The van der Waals surface area contributed by atoms with Crippen LogP contribution in [0.2, 0.25) is 0 Å². The smallest absolute Gasteiger partial charge is 0.0362 e. The molecule has 0 saturated heterocycles. The predicted octanol–water partition coefficient (Wildman–Crippen LogP) is 3.87. The second-order valence-corrected chi connectivity index (χ2v) is 8.43. The second kappa shape index (κ2) is 4.31. The summed E-state index contributed by atoms with van der Waals surface area (Å²) in [6, 6.07) is 22.8. The van der Waals surface area contributed by atoms with Gasteiger partial charge in [0.15, 0.2) is 0 Å². The summed E-state index contributed by atoms with van der Waals surface area (Å²) in [6.45, 7) is 4.56. The molecule has 0 spiro atoms. The van der Waals surface area contributed by atoms with Crippen molar-refractivity contribution >= 4 is 23.8 Å². The zero-order valence-corrected chi connectivity index (χ0v) is 13.7. The van der Waals surface area contributed by atoms with E-state index >= 15 is 0 Å². The largest absolute Gasteiger partial charge is 0.0619 e. The number of benzene rings is 3. The van der Waals surface area contributed by atoms with Gasteiger partial charge in [-0.1, -0.05) is 60.7 Å². The van der Waals surface area contributed by atoms with Crippen LogP contribution in [0, 0.1) is 13.8 Å². The summed E-state index contributed by atoms with van der Waals surface area (Å²) in [5, 5.41) is 4.77. The highest BCUT2D eigenvalue weighted by Crippen LogP contribution is 2.53. The highest BCUT2D eigenvalue weighted by Gasteiger charge is 2.42. The molecule has 1 heteroatoms. The summed E-state index contributed by atoms with van der Waals surface area (Å²) < 4.78 is 0. The van der Waals surface area contributed by atoms with Gasteiger partial charge in [-0.05, 0) is 65.5 Å². The molecule has 0 atom stereocenters. The first kappa shape index (κ1) is 12.6. The Labute approximate surface area is 132 Å². The molecule has 0 radical (unpaired) electrons. The van der Waals surface area contributed by atoms with Crippen molar-refractivity contribution in [2.45, 2.75) is 19.8 Å². The molecule has 0 amide bonds. The van der Waals surface area contributed by atoms with E-state index in [1.807, 2.05) is 0 Å². The lowest BCUT2D eigenvalue weighted by Crippen LogP contribution is -2.42. The Morgan fingerprint density at radius 1 is 0.682 bits per heavy atom. The standard InChI is InChI=1S/C21H17P/c1-13-11-12-14(2)21-19(13)20-15-7-3-5-9-17(15)22(21)18-10-6-4-8-16(18)20/h3-12,20H,1-2H3. The molecule has 2 bridgehead atoms. The van der Waals surface area contributed by atoms with Crippen molar-refractivity contribution in [2.24, 2.45) is 0 Å². The lowest BCUT2D eigenvalue weighted by atomic mass is 9.81. The molecule has 0 N–H and O–H groups in total. The summed E-state index contributed by atoms with van der Waals surface area (Å²) in [5.41, 5.74) is 7.56. The quantitative estimate of drug-likeness (QED) is 0.381. The number of hydrogen-bond acceptors (Lipinski definition) is 0. The third-order valence-corrected chi connectivity index (χ3v) is 7.95. The first-order valence-electron chi connectivity index (χ1n) is 7.85. The molecule has 3 heterocycles. The first-order valence-corrected chi connectivity index (χ1v) is 9.19. The third kappa shape index (κ3) is 1.42. The van der Waals surface area contributed by atoms with Crippen molar-refractivity contribution in [3.05, 3.63) is 88.5 Å². The molecule has 0 nitrogen and oxygen atoms in total. The molecular weight excluding hydrogens is 283 g/mol. The van der Waals surface area contributed by atoms with Gasteiger partial charge in [0.05, 0.1) is 0 Å². The minimum absolute atomic E-state index is 0.388. The maximum absolute atomic E-state index is 2.36. The Hall–Kier alpha value is -1.91. The van der Waals surface area contributed by atoms with Crippen molar-refractivity contribution in [3.8, 4) is 0 Å². The van der Waals surface area contributed by atoms with Crippen LogP contribution in [-0.4, -0.2) is 0 Å². The maximum Gasteiger partial charge on any atom is 0.0362 e. The summed E-state index contributed by atoms with van der Waals surface area (Å²) in [5.74, 6) is 0.426. The van der Waals surface area contributed by atoms with Crippen LogP contribution in [0.4, 0.5) is 0 Å². The fraction of sp³-hybridized carbons (Fsp3) is 0.143. The van der Waals surface area contributed by atoms with Crippen LogP contribution in [0.5, 0.6) is 0 Å². The highest BCUT2D eigenvalue weighted by molar-refractivity contribution is 7.80. The number of hydrogen-bond donors (Lipinski definition) is 0. The van der Waals surface area contributed by atoms with Crippen LogP contribution in [0.15, 0.2) is 60.7 Å². The van der Waals surface area contributed by atoms with E-state index in [-0.39, 0.29) is 7.92 Å². The summed E-state index contributed by atoms with van der Waals surface area (Å²) >= 11 is 0. The van der Waals surface area contributed by atoms with E-state index in [2.05, 4.69) is 74.5 Å². The van der Waals surface area contributed by atoms with Gasteiger partial charge in [-0.2, -0.15) is 0 Å². The van der Waals surface area contributed by atoms with E-state index in [9.17, 15) is 0 Å². The molecule has 0 unspecified atom stereocenters. The monoisotopic (exact) mass is 300 g/mol. The van der Waals surface area contributed by atoms with Gasteiger partial charge in [-0.15, -0.1) is 0 Å². The molecule has 0 fully saturated rings. The Morgan fingerprint density at radius 3 is 1.86 bits per heavy atom. The Bertz CT molecular complexity index is 800. The van der Waals surface area contributed by atoms with Gasteiger partial charge in [-0.25, -0.2) is 0 Å². The van der Waals surface area contributed by atoms with Crippen LogP contribution in [0.25, 0.3) is 0 Å². The lowest BCUT2D eigenvalue weighted by molar-refractivity contribution is 0.970. The van der Waals surface area contributed by atoms with E-state index in [4.69, 9.17) is 0 Å². The van der Waals surface area contributed by atoms with E-state index in [0.717, 1.165) is 0 Å². The topological polar surface area (TPSA) is 0 Å². The average molecular weight is 300 g/mol. The van der Waals surface area contributed by atoms with Crippen LogP contribution in [-0.2, 0) is 0 Å². The molecule has 22 heavy (non-hydrogen) atoms. The zero-order chi connectivity index (χ0) is 14.8.